The number of benzene rings is 1. The van der Waals surface area contributed by atoms with Gasteiger partial charge in [0.15, 0.2) is 0 Å². The van der Waals surface area contributed by atoms with Gasteiger partial charge in [-0.05, 0) is 25.3 Å². The van der Waals surface area contributed by atoms with Crippen molar-refractivity contribution in [3.63, 3.8) is 0 Å². The third kappa shape index (κ3) is 3.96. The molecule has 2 rings (SSSR count). The van der Waals surface area contributed by atoms with E-state index in [0.29, 0.717) is 6.42 Å². The lowest BCUT2D eigenvalue weighted by atomic mass is 10.1. The fourth-order valence-electron chi connectivity index (χ4n) is 2.06. The predicted octanol–water partition coefficient (Wildman–Crippen LogP) is 2.20. The molecule has 2 aromatic rings. The molecule has 0 unspecified atom stereocenters. The Kier molecular flexibility index (Phi) is 4.99. The molecule has 0 amide bonds. The predicted molar refractivity (Wildman–Crippen MR) is 80.4 cm³/mol. The van der Waals surface area contributed by atoms with Gasteiger partial charge in [0.25, 0.3) is 0 Å². The maximum Gasteiger partial charge on any atom is 0.371 e. The second-order valence-corrected chi connectivity index (χ2v) is 6.56. The standard InChI is InChI=1S/C15H17NO5S/c1-11-14(10-13(21-11)15(17)18)22(19,20)16-9-5-8-12-6-3-2-4-7-12/h2-4,6-7,10,16H,5,8-9H2,1H3,(H,17,18). The highest BCUT2D eigenvalue weighted by molar-refractivity contribution is 7.89. The summed E-state index contributed by atoms with van der Waals surface area (Å²) in [5, 5.41) is 8.82. The fraction of sp³-hybridized carbons (Fsp3) is 0.267. The van der Waals surface area contributed by atoms with Gasteiger partial charge in [0.05, 0.1) is 0 Å². The number of carboxylic acids is 1. The van der Waals surface area contributed by atoms with E-state index in [4.69, 9.17) is 9.52 Å². The normalized spacial score (nSPS) is 11.5. The first-order valence-corrected chi connectivity index (χ1v) is 8.26. The molecule has 0 aliphatic carbocycles. The van der Waals surface area contributed by atoms with Crippen LogP contribution in [0.2, 0.25) is 0 Å². The molecule has 6 nitrogen and oxygen atoms in total. The molecule has 0 atom stereocenters. The maximum absolute atomic E-state index is 12.1. The van der Waals surface area contributed by atoms with Crippen LogP contribution >= 0.6 is 0 Å². The van der Waals surface area contributed by atoms with Gasteiger partial charge in [-0.2, -0.15) is 0 Å². The minimum atomic E-state index is -3.77. The van der Waals surface area contributed by atoms with Gasteiger partial charge in [-0.1, -0.05) is 30.3 Å². The Balaban J connectivity index is 1.95. The van der Waals surface area contributed by atoms with Crippen molar-refractivity contribution in [2.45, 2.75) is 24.7 Å². The van der Waals surface area contributed by atoms with Crippen LogP contribution in [0.5, 0.6) is 0 Å². The SMILES string of the molecule is Cc1oc(C(=O)O)cc1S(=O)(=O)NCCCc1ccccc1. The number of carboxylic acid groups (broad SMARTS) is 1. The molecule has 2 N–H and O–H groups in total. The number of nitrogens with one attached hydrogen (secondary N) is 1. The second kappa shape index (κ2) is 6.76. The van der Waals surface area contributed by atoms with E-state index in [1.54, 1.807) is 0 Å². The Labute approximate surface area is 128 Å². The summed E-state index contributed by atoms with van der Waals surface area (Å²) >= 11 is 0. The highest BCUT2D eigenvalue weighted by atomic mass is 32.2. The Hall–Kier alpha value is -2.12. The second-order valence-electron chi connectivity index (χ2n) is 4.82. The highest BCUT2D eigenvalue weighted by Crippen LogP contribution is 2.19. The summed E-state index contributed by atoms with van der Waals surface area (Å²) in [4.78, 5) is 10.7. The lowest BCUT2D eigenvalue weighted by molar-refractivity contribution is 0.0661. The van der Waals surface area contributed by atoms with Crippen LogP contribution in [-0.4, -0.2) is 26.0 Å². The van der Waals surface area contributed by atoms with Crippen molar-refractivity contribution in [3.8, 4) is 0 Å². The average molecular weight is 323 g/mol. The van der Waals surface area contributed by atoms with Gasteiger partial charge in [-0.15, -0.1) is 0 Å². The largest absolute Gasteiger partial charge is 0.475 e. The zero-order valence-electron chi connectivity index (χ0n) is 12.1. The smallest absolute Gasteiger partial charge is 0.371 e. The third-order valence-corrected chi connectivity index (χ3v) is 4.72. The van der Waals surface area contributed by atoms with Crippen molar-refractivity contribution in [3.05, 3.63) is 53.5 Å². The Bertz CT molecular complexity index is 749. The van der Waals surface area contributed by atoms with Crippen molar-refractivity contribution in [2.24, 2.45) is 0 Å². The number of hydrogen-bond acceptors (Lipinski definition) is 4. The molecule has 0 saturated carbocycles. The lowest BCUT2D eigenvalue weighted by Crippen LogP contribution is -2.25. The lowest BCUT2D eigenvalue weighted by Gasteiger charge is -2.05. The molecular formula is C15H17NO5S. The minimum Gasteiger partial charge on any atom is -0.475 e. The van der Waals surface area contributed by atoms with Crippen LogP contribution in [0.4, 0.5) is 0 Å². The Morgan fingerprint density at radius 3 is 2.55 bits per heavy atom. The molecule has 0 aliphatic heterocycles. The van der Waals surface area contributed by atoms with E-state index >= 15 is 0 Å². The average Bonchev–Trinajstić information content (AvgIpc) is 2.88. The van der Waals surface area contributed by atoms with E-state index in [-0.39, 0.29) is 23.0 Å². The molecule has 7 heteroatoms. The van der Waals surface area contributed by atoms with E-state index in [1.165, 1.54) is 6.92 Å². The summed E-state index contributed by atoms with van der Waals surface area (Å²) in [6.45, 7) is 1.69. The summed E-state index contributed by atoms with van der Waals surface area (Å²) in [7, 11) is -3.77. The number of sulfonamides is 1. The van der Waals surface area contributed by atoms with E-state index in [2.05, 4.69) is 4.72 Å². The summed E-state index contributed by atoms with van der Waals surface area (Å²) in [5.41, 5.74) is 1.13. The van der Waals surface area contributed by atoms with Crippen LogP contribution in [0.15, 0.2) is 45.7 Å². The first-order valence-electron chi connectivity index (χ1n) is 6.77. The maximum atomic E-state index is 12.1. The van der Waals surface area contributed by atoms with Crippen molar-refractivity contribution >= 4 is 16.0 Å². The molecule has 0 radical (unpaired) electrons. The zero-order valence-corrected chi connectivity index (χ0v) is 12.9. The monoisotopic (exact) mass is 323 g/mol. The van der Waals surface area contributed by atoms with Crippen LogP contribution in [0, 0.1) is 6.92 Å². The number of aryl methyl sites for hydroxylation is 2. The van der Waals surface area contributed by atoms with Gasteiger partial charge < -0.3 is 9.52 Å². The van der Waals surface area contributed by atoms with Gasteiger partial charge in [0.1, 0.15) is 10.7 Å². The zero-order chi connectivity index (χ0) is 16.2. The topological polar surface area (TPSA) is 96.6 Å². The van der Waals surface area contributed by atoms with E-state index in [0.717, 1.165) is 18.1 Å². The fourth-order valence-corrected chi connectivity index (χ4v) is 3.31. The number of carbonyl (C=O) groups is 1. The molecular weight excluding hydrogens is 306 g/mol. The Morgan fingerprint density at radius 2 is 1.95 bits per heavy atom. The molecule has 0 saturated heterocycles. The van der Waals surface area contributed by atoms with Crippen LogP contribution in [0.1, 0.15) is 28.3 Å². The van der Waals surface area contributed by atoms with Crippen molar-refractivity contribution in [1.29, 1.82) is 0 Å². The molecule has 1 heterocycles. The number of aromatic carboxylic acids is 1. The molecule has 1 aromatic carbocycles. The quantitative estimate of drug-likeness (QED) is 0.761. The summed E-state index contributed by atoms with van der Waals surface area (Å²) in [6.07, 6.45) is 1.40. The molecule has 0 bridgehead atoms. The van der Waals surface area contributed by atoms with E-state index < -0.39 is 16.0 Å². The third-order valence-electron chi connectivity index (χ3n) is 3.15. The summed E-state index contributed by atoms with van der Waals surface area (Å²) in [5.74, 6) is -1.62. The van der Waals surface area contributed by atoms with Crippen LogP contribution in [-0.2, 0) is 16.4 Å². The minimum absolute atomic E-state index is 0.0629. The van der Waals surface area contributed by atoms with Gasteiger partial charge in [0, 0.05) is 12.6 Å². The van der Waals surface area contributed by atoms with E-state index in [9.17, 15) is 13.2 Å². The van der Waals surface area contributed by atoms with Crippen molar-refractivity contribution in [2.75, 3.05) is 6.54 Å². The van der Waals surface area contributed by atoms with Crippen LogP contribution < -0.4 is 4.72 Å². The van der Waals surface area contributed by atoms with E-state index in [1.807, 2.05) is 30.3 Å². The number of rotatable bonds is 7. The first kappa shape index (κ1) is 16.3. The summed E-state index contributed by atoms with van der Waals surface area (Å²) in [6, 6.07) is 10.8. The van der Waals surface area contributed by atoms with Crippen molar-refractivity contribution < 1.29 is 22.7 Å². The molecule has 0 fully saturated rings. The molecule has 0 aliphatic rings. The van der Waals surface area contributed by atoms with Gasteiger partial charge in [-0.3, -0.25) is 0 Å². The first-order chi connectivity index (χ1) is 10.4. The van der Waals surface area contributed by atoms with Crippen molar-refractivity contribution in [1.82, 2.24) is 4.72 Å². The van der Waals surface area contributed by atoms with Gasteiger partial charge in [0.2, 0.25) is 15.8 Å². The van der Waals surface area contributed by atoms with Gasteiger partial charge >= 0.3 is 5.97 Å². The van der Waals surface area contributed by atoms with Gasteiger partial charge in [-0.25, -0.2) is 17.9 Å². The number of furan rings is 1. The summed E-state index contributed by atoms with van der Waals surface area (Å²) < 4.78 is 31.6. The Morgan fingerprint density at radius 1 is 1.27 bits per heavy atom. The van der Waals surface area contributed by atoms with Crippen LogP contribution in [0.3, 0.4) is 0 Å². The molecule has 0 spiro atoms. The van der Waals surface area contributed by atoms with Crippen LogP contribution in [0.25, 0.3) is 0 Å². The molecule has 22 heavy (non-hydrogen) atoms. The highest BCUT2D eigenvalue weighted by Gasteiger charge is 2.23. The molecule has 1 aromatic heterocycles. The molecule has 118 valence electrons. The number of hydrogen-bond donors (Lipinski definition) is 2.